The molecule has 1 aliphatic heterocycles. The van der Waals surface area contributed by atoms with Gasteiger partial charge in [-0.25, -0.2) is 15.0 Å². The second-order valence-electron chi connectivity index (χ2n) is 7.53. The molecule has 0 radical (unpaired) electrons. The van der Waals surface area contributed by atoms with E-state index in [9.17, 15) is 9.59 Å². The molecule has 0 aliphatic carbocycles. The van der Waals surface area contributed by atoms with Gasteiger partial charge in [-0.15, -0.1) is 11.8 Å². The number of amides is 2. The Bertz CT molecular complexity index is 1100. The number of thiazole rings is 1. The second kappa shape index (κ2) is 11.1. The number of nitrogens with zero attached hydrogens (tertiary/aromatic N) is 4. The fourth-order valence-electron chi connectivity index (χ4n) is 3.48. The van der Waals surface area contributed by atoms with Crippen molar-refractivity contribution in [2.75, 3.05) is 23.7 Å². The van der Waals surface area contributed by atoms with E-state index in [-0.39, 0.29) is 17.9 Å². The first-order valence-corrected chi connectivity index (χ1v) is 12.3. The third-order valence-electron chi connectivity index (χ3n) is 5.10. The number of carbonyl (C=O) groups excluding carboxylic acids is 2. The number of piperidine rings is 1. The van der Waals surface area contributed by atoms with Crippen LogP contribution < -0.4 is 10.6 Å². The summed E-state index contributed by atoms with van der Waals surface area (Å²) in [5.41, 5.74) is 2.31. The van der Waals surface area contributed by atoms with E-state index >= 15 is 0 Å². The standard InChI is InChI=1S/C23H24N6O2S2/c1-2-20(30)27-18-7-5-17(6-8-18)22(31)29-9-3-4-19(13-29)28-23-26-12-21(33-23)32-14-16-10-24-15-25-11-16/h2,5-8,10-12,15,19H,1,3-4,9,13-14H2,(H,26,28)(H,27,30). The van der Waals surface area contributed by atoms with E-state index in [0.717, 1.165) is 40.0 Å². The van der Waals surface area contributed by atoms with Gasteiger partial charge >= 0.3 is 0 Å². The van der Waals surface area contributed by atoms with Crippen LogP contribution in [0.2, 0.25) is 0 Å². The summed E-state index contributed by atoms with van der Waals surface area (Å²) in [6.07, 6.45) is 10.2. The van der Waals surface area contributed by atoms with Gasteiger partial charge in [0.15, 0.2) is 5.13 Å². The van der Waals surface area contributed by atoms with Gasteiger partial charge in [-0.2, -0.15) is 0 Å². The van der Waals surface area contributed by atoms with E-state index in [0.29, 0.717) is 17.8 Å². The molecule has 1 atom stereocenters. The Labute approximate surface area is 200 Å². The summed E-state index contributed by atoms with van der Waals surface area (Å²) < 4.78 is 1.12. The number of benzene rings is 1. The predicted octanol–water partition coefficient (Wildman–Crippen LogP) is 4.07. The molecule has 1 aliphatic rings. The molecule has 8 nitrogen and oxygen atoms in total. The summed E-state index contributed by atoms with van der Waals surface area (Å²) in [6.45, 7) is 4.78. The molecule has 2 amide bonds. The van der Waals surface area contributed by atoms with Crippen molar-refractivity contribution >= 4 is 45.7 Å². The predicted molar refractivity (Wildman–Crippen MR) is 132 cm³/mol. The number of thioether (sulfide) groups is 1. The van der Waals surface area contributed by atoms with Crippen molar-refractivity contribution in [3.05, 3.63) is 73.0 Å². The average molecular weight is 481 g/mol. The van der Waals surface area contributed by atoms with Gasteiger partial charge in [0.05, 0.1) is 10.4 Å². The third-order valence-corrected chi connectivity index (χ3v) is 7.29. The molecule has 170 valence electrons. The highest BCUT2D eigenvalue weighted by molar-refractivity contribution is 8.00. The number of aromatic nitrogens is 3. The highest BCUT2D eigenvalue weighted by Gasteiger charge is 2.25. The smallest absolute Gasteiger partial charge is 0.253 e. The van der Waals surface area contributed by atoms with E-state index in [4.69, 9.17) is 0 Å². The van der Waals surface area contributed by atoms with Crippen LogP contribution in [0.15, 0.2) is 66.0 Å². The average Bonchev–Trinajstić information content (AvgIpc) is 3.30. The zero-order valence-corrected chi connectivity index (χ0v) is 19.6. The Morgan fingerprint density at radius 2 is 2.00 bits per heavy atom. The maximum absolute atomic E-state index is 13.0. The summed E-state index contributed by atoms with van der Waals surface area (Å²) in [5, 5.41) is 7.04. The number of likely N-dealkylation sites (tertiary alicyclic amines) is 1. The number of nitrogens with one attached hydrogen (secondary N) is 2. The Kier molecular flexibility index (Phi) is 7.69. The van der Waals surface area contributed by atoms with Gasteiger partial charge in [0.25, 0.3) is 5.91 Å². The van der Waals surface area contributed by atoms with Crippen LogP contribution in [0.3, 0.4) is 0 Å². The highest BCUT2D eigenvalue weighted by Crippen LogP contribution is 2.31. The first-order chi connectivity index (χ1) is 16.1. The fourth-order valence-corrected chi connectivity index (χ4v) is 5.34. The second-order valence-corrected chi connectivity index (χ2v) is 9.83. The molecule has 3 aromatic rings. The molecule has 1 saturated heterocycles. The normalized spacial score (nSPS) is 15.6. The highest BCUT2D eigenvalue weighted by atomic mass is 32.2. The van der Waals surface area contributed by atoms with Gasteiger partial charge in [-0.1, -0.05) is 17.9 Å². The van der Waals surface area contributed by atoms with Gasteiger partial charge in [-0.05, 0) is 48.7 Å². The maximum atomic E-state index is 13.0. The largest absolute Gasteiger partial charge is 0.357 e. The van der Waals surface area contributed by atoms with E-state index in [2.05, 4.69) is 32.2 Å². The summed E-state index contributed by atoms with van der Waals surface area (Å²) >= 11 is 3.32. The lowest BCUT2D eigenvalue weighted by molar-refractivity contribution is -0.111. The molecule has 0 spiro atoms. The zero-order chi connectivity index (χ0) is 23.0. The summed E-state index contributed by atoms with van der Waals surface area (Å²) in [7, 11) is 0. The molecule has 3 heterocycles. The Hall–Kier alpha value is -3.24. The number of anilines is 2. The van der Waals surface area contributed by atoms with E-state index in [1.165, 1.54) is 12.4 Å². The van der Waals surface area contributed by atoms with Gasteiger partial charge in [-0.3, -0.25) is 9.59 Å². The van der Waals surface area contributed by atoms with Crippen molar-refractivity contribution in [3.8, 4) is 0 Å². The van der Waals surface area contributed by atoms with Crippen molar-refractivity contribution < 1.29 is 9.59 Å². The molecule has 2 N–H and O–H groups in total. The van der Waals surface area contributed by atoms with E-state index in [1.807, 2.05) is 23.5 Å². The molecule has 1 unspecified atom stereocenters. The van der Waals surface area contributed by atoms with Crippen molar-refractivity contribution in [2.24, 2.45) is 0 Å². The van der Waals surface area contributed by atoms with Crippen LogP contribution in [0.1, 0.15) is 28.8 Å². The van der Waals surface area contributed by atoms with Crippen molar-refractivity contribution in [2.45, 2.75) is 28.8 Å². The van der Waals surface area contributed by atoms with Crippen LogP contribution >= 0.6 is 23.1 Å². The van der Waals surface area contributed by atoms with Crippen LogP contribution in [0.5, 0.6) is 0 Å². The molecule has 10 heteroatoms. The zero-order valence-electron chi connectivity index (χ0n) is 17.9. The molecule has 1 aromatic carbocycles. The lowest BCUT2D eigenvalue weighted by atomic mass is 10.0. The number of carbonyl (C=O) groups is 2. The maximum Gasteiger partial charge on any atom is 0.253 e. The van der Waals surface area contributed by atoms with E-state index in [1.54, 1.807) is 47.4 Å². The minimum atomic E-state index is -0.281. The molecule has 33 heavy (non-hydrogen) atoms. The van der Waals surface area contributed by atoms with Crippen LogP contribution in [0.4, 0.5) is 10.8 Å². The van der Waals surface area contributed by atoms with Crippen LogP contribution in [-0.4, -0.2) is 50.8 Å². The summed E-state index contributed by atoms with van der Waals surface area (Å²) in [5.74, 6) is 0.505. The number of hydrogen-bond donors (Lipinski definition) is 2. The van der Waals surface area contributed by atoms with Gasteiger partial charge < -0.3 is 15.5 Å². The first-order valence-electron chi connectivity index (χ1n) is 10.5. The van der Waals surface area contributed by atoms with Crippen molar-refractivity contribution in [3.63, 3.8) is 0 Å². The SMILES string of the molecule is C=CC(=O)Nc1ccc(C(=O)N2CCCC(Nc3ncc(SCc4cncnc4)s3)C2)cc1. The topological polar surface area (TPSA) is 100 Å². The Morgan fingerprint density at radius 3 is 2.76 bits per heavy atom. The summed E-state index contributed by atoms with van der Waals surface area (Å²) in [4.78, 5) is 38.8. The molecule has 2 aromatic heterocycles. The lowest BCUT2D eigenvalue weighted by Crippen LogP contribution is -2.45. The number of rotatable bonds is 8. The minimum absolute atomic E-state index is 0.0106. The molecule has 0 bridgehead atoms. The first kappa shape index (κ1) is 22.9. The Morgan fingerprint density at radius 1 is 1.21 bits per heavy atom. The molecular formula is C23H24N6O2S2. The number of hydrogen-bond acceptors (Lipinski definition) is 8. The van der Waals surface area contributed by atoms with Gasteiger partial charge in [0, 0.05) is 48.5 Å². The molecule has 0 saturated carbocycles. The van der Waals surface area contributed by atoms with Gasteiger partial charge in [0.2, 0.25) is 5.91 Å². The minimum Gasteiger partial charge on any atom is -0.357 e. The van der Waals surface area contributed by atoms with Crippen LogP contribution in [0, 0.1) is 0 Å². The van der Waals surface area contributed by atoms with Crippen LogP contribution in [0.25, 0.3) is 0 Å². The summed E-state index contributed by atoms with van der Waals surface area (Å²) in [6, 6.07) is 7.08. The molecule has 1 fully saturated rings. The Balaban J connectivity index is 1.30. The monoisotopic (exact) mass is 480 g/mol. The molecule has 4 rings (SSSR count). The molecular weight excluding hydrogens is 456 g/mol. The third kappa shape index (κ3) is 6.39. The van der Waals surface area contributed by atoms with Crippen LogP contribution in [-0.2, 0) is 10.5 Å². The van der Waals surface area contributed by atoms with Crippen molar-refractivity contribution in [1.82, 2.24) is 19.9 Å². The van der Waals surface area contributed by atoms with Gasteiger partial charge in [0.1, 0.15) is 6.33 Å². The van der Waals surface area contributed by atoms with E-state index < -0.39 is 0 Å². The van der Waals surface area contributed by atoms with Crippen molar-refractivity contribution in [1.29, 1.82) is 0 Å². The quantitative estimate of drug-likeness (QED) is 0.370. The fraction of sp³-hybridized carbons (Fsp3) is 0.261. The lowest BCUT2D eigenvalue weighted by Gasteiger charge is -2.33.